The smallest absolute Gasteiger partial charge is 0.266 e. The first-order valence-electron chi connectivity index (χ1n) is 7.31. The fraction of sp³-hybridized carbons (Fsp3) is 0.118. The molecule has 8 heteroatoms. The molecule has 0 radical (unpaired) electrons. The van der Waals surface area contributed by atoms with Gasteiger partial charge in [-0.05, 0) is 37.3 Å². The number of carbonyl (C=O) groups excluding carboxylic acids is 1. The Morgan fingerprint density at radius 3 is 2.88 bits per heavy atom. The van der Waals surface area contributed by atoms with Crippen LogP contribution in [0.3, 0.4) is 0 Å². The van der Waals surface area contributed by atoms with Crippen molar-refractivity contribution < 1.29 is 9.53 Å². The van der Waals surface area contributed by atoms with Gasteiger partial charge in [0, 0.05) is 28.4 Å². The largest absolute Gasteiger partial charge is 0.479 e. The second-order valence-electron chi connectivity index (χ2n) is 5.10. The maximum absolute atomic E-state index is 12.3. The molecule has 0 fully saturated rings. The number of benzene rings is 1. The summed E-state index contributed by atoms with van der Waals surface area (Å²) in [5, 5.41) is 5.93. The summed E-state index contributed by atoms with van der Waals surface area (Å²) in [6.07, 6.45) is 2.67. The van der Waals surface area contributed by atoms with E-state index in [0.717, 1.165) is 11.3 Å². The molecule has 5 nitrogen and oxygen atoms in total. The third-order valence-corrected chi connectivity index (χ3v) is 4.55. The number of rotatable bonds is 5. The average molecular weight is 394 g/mol. The summed E-state index contributed by atoms with van der Waals surface area (Å²) < 4.78 is 5.59. The first-order chi connectivity index (χ1) is 12.0. The van der Waals surface area contributed by atoms with E-state index in [1.54, 1.807) is 37.5 Å². The Bertz CT molecular complexity index is 887. The lowest BCUT2D eigenvalue weighted by molar-refractivity contribution is -0.122. The molecule has 3 rings (SSSR count). The predicted molar refractivity (Wildman–Crippen MR) is 101 cm³/mol. The SMILES string of the molecule is C[C@@H](Oc1ccc(Cl)cc1Cl)C(=O)Nc1nc(-c2cccnc2)cs1. The van der Waals surface area contributed by atoms with E-state index in [1.165, 1.54) is 11.3 Å². The maximum Gasteiger partial charge on any atom is 0.266 e. The number of hydrogen-bond acceptors (Lipinski definition) is 5. The average Bonchev–Trinajstić information content (AvgIpc) is 3.06. The number of halogens is 2. The lowest BCUT2D eigenvalue weighted by Crippen LogP contribution is -2.30. The highest BCUT2D eigenvalue weighted by molar-refractivity contribution is 7.14. The third-order valence-electron chi connectivity index (χ3n) is 3.26. The molecule has 3 aromatic rings. The minimum Gasteiger partial charge on any atom is -0.479 e. The van der Waals surface area contributed by atoms with E-state index in [4.69, 9.17) is 27.9 Å². The first-order valence-corrected chi connectivity index (χ1v) is 8.95. The van der Waals surface area contributed by atoms with E-state index >= 15 is 0 Å². The zero-order valence-electron chi connectivity index (χ0n) is 13.1. The number of aromatic nitrogens is 2. The molecule has 0 aliphatic heterocycles. The molecule has 128 valence electrons. The van der Waals surface area contributed by atoms with Crippen LogP contribution in [0, 0.1) is 0 Å². The van der Waals surface area contributed by atoms with Crippen molar-refractivity contribution in [3.63, 3.8) is 0 Å². The van der Waals surface area contributed by atoms with Crippen LogP contribution < -0.4 is 10.1 Å². The van der Waals surface area contributed by atoms with Crippen molar-refractivity contribution in [1.82, 2.24) is 9.97 Å². The van der Waals surface area contributed by atoms with Crippen LogP contribution >= 0.6 is 34.5 Å². The van der Waals surface area contributed by atoms with Crippen LogP contribution in [0.2, 0.25) is 10.0 Å². The molecule has 0 saturated heterocycles. The lowest BCUT2D eigenvalue weighted by atomic mass is 10.2. The van der Waals surface area contributed by atoms with E-state index in [0.29, 0.717) is 20.9 Å². The van der Waals surface area contributed by atoms with Gasteiger partial charge in [-0.25, -0.2) is 4.98 Å². The van der Waals surface area contributed by atoms with Gasteiger partial charge in [0.05, 0.1) is 10.7 Å². The Balaban J connectivity index is 1.65. The molecule has 1 amide bonds. The summed E-state index contributed by atoms with van der Waals surface area (Å²) in [7, 11) is 0. The monoisotopic (exact) mass is 393 g/mol. The van der Waals surface area contributed by atoms with Gasteiger partial charge in [0.2, 0.25) is 0 Å². The van der Waals surface area contributed by atoms with Crippen molar-refractivity contribution in [2.75, 3.05) is 5.32 Å². The van der Waals surface area contributed by atoms with Gasteiger partial charge in [0.15, 0.2) is 11.2 Å². The fourth-order valence-corrected chi connectivity index (χ4v) is 3.18. The van der Waals surface area contributed by atoms with Gasteiger partial charge < -0.3 is 4.74 Å². The molecule has 0 saturated carbocycles. The standard InChI is InChI=1S/C17H13Cl2N3O2S/c1-10(24-15-5-4-12(18)7-13(15)19)16(23)22-17-21-14(9-25-17)11-3-2-6-20-8-11/h2-10H,1H3,(H,21,22,23)/t10-/m1/s1. The normalized spacial score (nSPS) is 11.8. The number of nitrogens with zero attached hydrogens (tertiary/aromatic N) is 2. The van der Waals surface area contributed by atoms with Crippen LogP contribution in [0.15, 0.2) is 48.1 Å². The third kappa shape index (κ3) is 4.48. The Morgan fingerprint density at radius 1 is 1.32 bits per heavy atom. The molecule has 1 atom stereocenters. The molecule has 1 N–H and O–H groups in total. The number of ether oxygens (including phenoxy) is 1. The molecule has 25 heavy (non-hydrogen) atoms. The highest BCUT2D eigenvalue weighted by Crippen LogP contribution is 2.29. The summed E-state index contributed by atoms with van der Waals surface area (Å²) in [5.74, 6) is 0.0713. The van der Waals surface area contributed by atoms with Crippen LogP contribution in [-0.2, 0) is 4.79 Å². The van der Waals surface area contributed by atoms with Gasteiger partial charge in [-0.2, -0.15) is 0 Å². The van der Waals surface area contributed by atoms with Crippen LogP contribution in [-0.4, -0.2) is 22.0 Å². The van der Waals surface area contributed by atoms with E-state index in [1.807, 2.05) is 17.5 Å². The quantitative estimate of drug-likeness (QED) is 0.667. The second-order valence-corrected chi connectivity index (χ2v) is 6.81. The molecule has 1 aromatic carbocycles. The Labute approximate surface area is 158 Å². The number of amides is 1. The molecule has 2 aromatic heterocycles. The maximum atomic E-state index is 12.3. The van der Waals surface area contributed by atoms with Crippen LogP contribution in [0.5, 0.6) is 5.75 Å². The van der Waals surface area contributed by atoms with E-state index in [-0.39, 0.29) is 5.91 Å². The fourth-order valence-electron chi connectivity index (χ4n) is 2.00. The zero-order valence-corrected chi connectivity index (χ0v) is 15.4. The number of nitrogens with one attached hydrogen (secondary N) is 1. The number of hydrogen-bond donors (Lipinski definition) is 1. The number of carbonyl (C=O) groups is 1. The lowest BCUT2D eigenvalue weighted by Gasteiger charge is -2.14. The number of pyridine rings is 1. The first kappa shape index (κ1) is 17.7. The van der Waals surface area contributed by atoms with Crippen molar-refractivity contribution >= 4 is 45.6 Å². The van der Waals surface area contributed by atoms with Crippen LogP contribution in [0.4, 0.5) is 5.13 Å². The molecular formula is C17H13Cl2N3O2S. The topological polar surface area (TPSA) is 64.1 Å². The van der Waals surface area contributed by atoms with Gasteiger partial charge >= 0.3 is 0 Å². The van der Waals surface area contributed by atoms with E-state index in [9.17, 15) is 4.79 Å². The van der Waals surface area contributed by atoms with E-state index in [2.05, 4.69) is 15.3 Å². The van der Waals surface area contributed by atoms with Gasteiger partial charge in [0.25, 0.3) is 5.91 Å². The Hall–Kier alpha value is -2.15. The summed E-state index contributed by atoms with van der Waals surface area (Å²) in [4.78, 5) is 20.7. The summed E-state index contributed by atoms with van der Waals surface area (Å²) >= 11 is 13.2. The summed E-state index contributed by atoms with van der Waals surface area (Å²) in [6.45, 7) is 1.63. The van der Waals surface area contributed by atoms with Crippen molar-refractivity contribution in [1.29, 1.82) is 0 Å². The summed E-state index contributed by atoms with van der Waals surface area (Å²) in [5.41, 5.74) is 1.64. The molecule has 0 spiro atoms. The van der Waals surface area contributed by atoms with Crippen LogP contribution in [0.25, 0.3) is 11.3 Å². The van der Waals surface area contributed by atoms with E-state index < -0.39 is 6.10 Å². The van der Waals surface area contributed by atoms with Gasteiger partial charge in [-0.15, -0.1) is 11.3 Å². The van der Waals surface area contributed by atoms with Crippen molar-refractivity contribution in [2.45, 2.75) is 13.0 Å². The zero-order chi connectivity index (χ0) is 17.8. The Kier molecular flexibility index (Phi) is 5.53. The van der Waals surface area contributed by atoms with Crippen molar-refractivity contribution in [3.05, 3.63) is 58.2 Å². The van der Waals surface area contributed by atoms with Gasteiger partial charge in [-0.3, -0.25) is 15.1 Å². The molecule has 0 aliphatic carbocycles. The molecule has 0 unspecified atom stereocenters. The molecular weight excluding hydrogens is 381 g/mol. The predicted octanol–water partition coefficient (Wildman–Crippen LogP) is 4.92. The number of anilines is 1. The molecule has 0 aliphatic rings. The minimum absolute atomic E-state index is 0.321. The summed E-state index contributed by atoms with van der Waals surface area (Å²) in [6, 6.07) is 8.57. The molecule has 0 bridgehead atoms. The van der Waals surface area contributed by atoms with Crippen molar-refractivity contribution in [3.8, 4) is 17.0 Å². The van der Waals surface area contributed by atoms with Gasteiger partial charge in [0.1, 0.15) is 5.75 Å². The van der Waals surface area contributed by atoms with Gasteiger partial charge in [-0.1, -0.05) is 23.2 Å². The minimum atomic E-state index is -0.746. The Morgan fingerprint density at radius 2 is 2.16 bits per heavy atom. The van der Waals surface area contributed by atoms with Crippen LogP contribution in [0.1, 0.15) is 6.92 Å². The number of thiazole rings is 1. The van der Waals surface area contributed by atoms with Crippen molar-refractivity contribution in [2.24, 2.45) is 0 Å². The molecule has 2 heterocycles. The second kappa shape index (κ2) is 7.82. The highest BCUT2D eigenvalue weighted by atomic mass is 35.5. The highest BCUT2D eigenvalue weighted by Gasteiger charge is 2.18.